The van der Waals surface area contributed by atoms with Crippen LogP contribution in [0.4, 0.5) is 0 Å². The van der Waals surface area contributed by atoms with E-state index in [0.29, 0.717) is 26.4 Å². The van der Waals surface area contributed by atoms with E-state index >= 15 is 0 Å². The Morgan fingerprint density at radius 3 is 1.03 bits per heavy atom. The fourth-order valence-corrected chi connectivity index (χ4v) is 17.1. The first-order valence-electron chi connectivity index (χ1n) is 14.4. The van der Waals surface area contributed by atoms with Gasteiger partial charge in [-0.15, -0.1) is 0 Å². The SMILES string of the molecule is CC1(C)O[C@@H](CP2C(C)(C)CC3(CC2(C)C)OCCO3)[C@H](CP2C(C)(C)CC3(CC2(C)C)OCCO3)O1. The van der Waals surface area contributed by atoms with E-state index in [2.05, 4.69) is 69.2 Å². The summed E-state index contributed by atoms with van der Waals surface area (Å²) in [5, 5.41) is 0.557. The fourth-order valence-electron chi connectivity index (χ4n) is 8.75. The lowest BCUT2D eigenvalue weighted by Crippen LogP contribution is -2.53. The van der Waals surface area contributed by atoms with Gasteiger partial charge in [-0.3, -0.25) is 0 Å². The summed E-state index contributed by atoms with van der Waals surface area (Å²) < 4.78 is 38.4. The molecule has 0 N–H and O–H groups in total. The molecule has 5 aliphatic rings. The van der Waals surface area contributed by atoms with Crippen molar-refractivity contribution in [3.63, 3.8) is 0 Å². The van der Waals surface area contributed by atoms with E-state index in [9.17, 15) is 0 Å². The first-order valence-corrected chi connectivity index (χ1v) is 17.4. The maximum atomic E-state index is 6.73. The van der Waals surface area contributed by atoms with Gasteiger partial charge in [-0.1, -0.05) is 71.2 Å². The number of ether oxygens (including phenoxy) is 6. The maximum Gasteiger partial charge on any atom is 0.170 e. The lowest BCUT2D eigenvalue weighted by Gasteiger charge is -2.57. The summed E-state index contributed by atoms with van der Waals surface area (Å²) in [4.78, 5) is 0. The summed E-state index contributed by atoms with van der Waals surface area (Å²) in [6.45, 7) is 26.5. The van der Waals surface area contributed by atoms with E-state index in [4.69, 9.17) is 28.4 Å². The van der Waals surface area contributed by atoms with Gasteiger partial charge in [0.05, 0.1) is 38.6 Å². The summed E-state index contributed by atoms with van der Waals surface area (Å²) >= 11 is 0. The fraction of sp³-hybridized carbons (Fsp3) is 1.00. The molecule has 5 heterocycles. The third kappa shape index (κ3) is 5.59. The molecule has 0 bridgehead atoms. The second-order valence-electron chi connectivity index (χ2n) is 15.1. The minimum Gasteiger partial charge on any atom is -0.347 e. The molecule has 5 fully saturated rings. The van der Waals surface area contributed by atoms with Gasteiger partial charge < -0.3 is 28.4 Å². The normalized spacial score (nSPS) is 37.5. The van der Waals surface area contributed by atoms with E-state index < -0.39 is 17.4 Å². The van der Waals surface area contributed by atoms with Gasteiger partial charge in [0.1, 0.15) is 0 Å². The van der Waals surface area contributed by atoms with E-state index in [1.165, 1.54) is 0 Å². The van der Waals surface area contributed by atoms with Gasteiger partial charge in [-0.2, -0.15) is 0 Å². The third-order valence-electron chi connectivity index (χ3n) is 9.37. The van der Waals surface area contributed by atoms with Gasteiger partial charge in [-0.25, -0.2) is 0 Å². The maximum absolute atomic E-state index is 6.73. The molecule has 0 saturated carbocycles. The van der Waals surface area contributed by atoms with Crippen molar-refractivity contribution in [2.45, 2.75) is 145 Å². The van der Waals surface area contributed by atoms with Crippen LogP contribution in [0.25, 0.3) is 0 Å². The molecular formula is C29H52O6P2. The van der Waals surface area contributed by atoms with E-state index in [1.807, 2.05) is 0 Å². The number of rotatable bonds is 4. The summed E-state index contributed by atoms with van der Waals surface area (Å²) in [5.41, 5.74) is 0. The zero-order valence-electron chi connectivity index (χ0n) is 25.1. The van der Waals surface area contributed by atoms with E-state index in [-0.39, 0.29) is 48.7 Å². The highest BCUT2D eigenvalue weighted by Gasteiger charge is 2.60. The van der Waals surface area contributed by atoms with Crippen molar-refractivity contribution in [2.24, 2.45) is 0 Å². The second-order valence-corrected chi connectivity index (χ2v) is 22.4. The summed E-state index contributed by atoms with van der Waals surface area (Å²) in [6.07, 6.45) is 6.22. The van der Waals surface area contributed by atoms with Crippen LogP contribution in [0.5, 0.6) is 0 Å². The van der Waals surface area contributed by atoms with Crippen molar-refractivity contribution >= 4 is 15.8 Å². The Morgan fingerprint density at radius 1 is 0.486 bits per heavy atom. The minimum absolute atomic E-state index is 0.114. The van der Waals surface area contributed by atoms with Gasteiger partial charge >= 0.3 is 0 Å². The molecule has 0 amide bonds. The summed E-state index contributed by atoms with van der Waals surface area (Å²) in [7, 11) is -0.721. The van der Waals surface area contributed by atoms with Crippen molar-refractivity contribution in [1.82, 2.24) is 0 Å². The lowest BCUT2D eigenvalue weighted by atomic mass is 9.91. The lowest BCUT2D eigenvalue weighted by molar-refractivity contribution is -0.179. The van der Waals surface area contributed by atoms with Crippen molar-refractivity contribution < 1.29 is 28.4 Å². The number of hydrogen-bond donors (Lipinski definition) is 0. The molecule has 0 radical (unpaired) electrons. The van der Waals surface area contributed by atoms with Crippen LogP contribution in [0.15, 0.2) is 0 Å². The van der Waals surface area contributed by atoms with Crippen molar-refractivity contribution in [3.8, 4) is 0 Å². The Balaban J connectivity index is 1.36. The second kappa shape index (κ2) is 9.32. The Bertz CT molecular complexity index is 748. The van der Waals surface area contributed by atoms with Gasteiger partial charge in [0.15, 0.2) is 17.4 Å². The predicted molar refractivity (Wildman–Crippen MR) is 151 cm³/mol. The first-order chi connectivity index (χ1) is 16.9. The minimum atomic E-state index is -0.550. The molecule has 5 saturated heterocycles. The number of hydrogen-bond acceptors (Lipinski definition) is 6. The standard InChI is InChI=1S/C29H52O6P2/c1-23(2)17-28(30-11-12-31-28)18-24(3,4)36(23)15-21-22(35-27(9,10)34-21)16-37-25(5,6)19-29(20-26(37,7)8)32-13-14-33-29/h21-22H,11-20H2,1-10H3/t21-,22-/m0/s1. The molecule has 0 unspecified atom stereocenters. The largest absolute Gasteiger partial charge is 0.347 e. The molecule has 0 aromatic heterocycles. The van der Waals surface area contributed by atoms with E-state index in [1.54, 1.807) is 0 Å². The van der Waals surface area contributed by atoms with Gasteiger partial charge in [-0.05, 0) is 46.8 Å². The van der Waals surface area contributed by atoms with Crippen molar-refractivity contribution in [3.05, 3.63) is 0 Å². The van der Waals surface area contributed by atoms with Crippen LogP contribution in [-0.4, -0.2) is 88.9 Å². The Labute approximate surface area is 228 Å². The highest BCUT2D eigenvalue weighted by atomic mass is 31.1. The molecule has 37 heavy (non-hydrogen) atoms. The Hall–Kier alpha value is 0.620. The Kier molecular flexibility index (Phi) is 7.33. The van der Waals surface area contributed by atoms with E-state index in [0.717, 1.165) is 38.0 Å². The van der Waals surface area contributed by atoms with Crippen molar-refractivity contribution in [2.75, 3.05) is 38.8 Å². The molecule has 0 aliphatic carbocycles. The predicted octanol–water partition coefficient (Wildman–Crippen LogP) is 6.66. The highest BCUT2D eigenvalue weighted by Crippen LogP contribution is 2.71. The molecule has 5 aliphatic heterocycles. The van der Waals surface area contributed by atoms with Gasteiger partial charge in [0, 0.05) is 25.7 Å². The van der Waals surface area contributed by atoms with Crippen LogP contribution >= 0.6 is 15.8 Å². The summed E-state index contributed by atoms with van der Waals surface area (Å²) in [6, 6.07) is 0. The van der Waals surface area contributed by atoms with Gasteiger partial charge in [0.25, 0.3) is 0 Å². The smallest absolute Gasteiger partial charge is 0.170 e. The highest BCUT2D eigenvalue weighted by molar-refractivity contribution is 7.61. The zero-order chi connectivity index (χ0) is 27.1. The molecule has 8 heteroatoms. The molecule has 0 aromatic rings. The average Bonchev–Trinajstić information content (AvgIpc) is 3.40. The summed E-state index contributed by atoms with van der Waals surface area (Å²) in [5.74, 6) is -1.36. The van der Waals surface area contributed by atoms with Crippen LogP contribution in [-0.2, 0) is 28.4 Å². The van der Waals surface area contributed by atoms with Crippen LogP contribution in [0.3, 0.4) is 0 Å². The molecule has 214 valence electrons. The first kappa shape index (κ1) is 29.1. The average molecular weight is 559 g/mol. The van der Waals surface area contributed by atoms with Crippen LogP contribution in [0.2, 0.25) is 0 Å². The zero-order valence-corrected chi connectivity index (χ0v) is 26.9. The molecule has 5 rings (SSSR count). The topological polar surface area (TPSA) is 55.4 Å². The van der Waals surface area contributed by atoms with Crippen LogP contribution < -0.4 is 0 Å². The van der Waals surface area contributed by atoms with Gasteiger partial charge in [0.2, 0.25) is 0 Å². The van der Waals surface area contributed by atoms with Crippen molar-refractivity contribution in [1.29, 1.82) is 0 Å². The quantitative estimate of drug-likeness (QED) is 0.360. The molecule has 2 spiro atoms. The monoisotopic (exact) mass is 558 g/mol. The van der Waals surface area contributed by atoms with Crippen LogP contribution in [0.1, 0.15) is 94.9 Å². The molecule has 2 atom stereocenters. The van der Waals surface area contributed by atoms with Crippen LogP contribution in [0, 0.1) is 0 Å². The third-order valence-corrected chi connectivity index (χ3v) is 17.3. The molecule has 0 aromatic carbocycles. The Morgan fingerprint density at radius 2 is 0.757 bits per heavy atom. The molecule has 6 nitrogen and oxygen atoms in total. The molecular weight excluding hydrogens is 506 g/mol.